The second-order valence-corrected chi connectivity index (χ2v) is 6.25. The van der Waals surface area contributed by atoms with Crippen LogP contribution >= 0.6 is 0 Å². The van der Waals surface area contributed by atoms with E-state index in [-0.39, 0.29) is 5.76 Å². The number of aromatic carboxylic acids is 1. The molecule has 2 aromatic rings. The molecule has 0 amide bonds. The van der Waals surface area contributed by atoms with Gasteiger partial charge in [0.15, 0.2) is 0 Å². The van der Waals surface area contributed by atoms with Crippen molar-refractivity contribution in [3.63, 3.8) is 0 Å². The molecule has 0 radical (unpaired) electrons. The van der Waals surface area contributed by atoms with E-state index in [1.165, 1.54) is 18.4 Å². The van der Waals surface area contributed by atoms with E-state index in [0.717, 1.165) is 24.4 Å². The molecule has 3 rings (SSSR count). The molecule has 21 heavy (non-hydrogen) atoms. The molecule has 4 nitrogen and oxygen atoms in total. The Hall–Kier alpha value is -1.81. The number of benzene rings is 1. The lowest BCUT2D eigenvalue weighted by Gasteiger charge is -2.36. The maximum absolute atomic E-state index is 10.9. The summed E-state index contributed by atoms with van der Waals surface area (Å²) in [6.07, 6.45) is 2.55. The van der Waals surface area contributed by atoms with E-state index in [2.05, 4.69) is 18.7 Å². The highest BCUT2D eigenvalue weighted by molar-refractivity contribution is 5.91. The minimum absolute atomic E-state index is 0.00196. The average molecular weight is 287 g/mol. The van der Waals surface area contributed by atoms with Crippen molar-refractivity contribution in [1.29, 1.82) is 0 Å². The van der Waals surface area contributed by atoms with Gasteiger partial charge in [0.1, 0.15) is 5.58 Å². The molecule has 0 aliphatic carbocycles. The lowest BCUT2D eigenvalue weighted by molar-refractivity contribution is 0.0665. The fourth-order valence-corrected chi connectivity index (χ4v) is 3.13. The van der Waals surface area contributed by atoms with Crippen LogP contribution in [0.1, 0.15) is 42.8 Å². The molecule has 1 aliphatic heterocycles. The fraction of sp³-hybridized carbons (Fsp3) is 0.471. The standard InChI is InChI=1S/C17H21NO3/c1-11-3-4-12(2)18(9-11)10-13-5-6-15-14(7-13)8-16(21-15)17(19)20/h5-8,11-12H,3-4,9-10H2,1-2H3,(H,19,20). The van der Waals surface area contributed by atoms with Crippen LogP contribution in [-0.4, -0.2) is 28.6 Å². The van der Waals surface area contributed by atoms with Crippen molar-refractivity contribution in [2.45, 2.75) is 39.3 Å². The van der Waals surface area contributed by atoms with Crippen molar-refractivity contribution in [3.05, 3.63) is 35.6 Å². The van der Waals surface area contributed by atoms with Gasteiger partial charge in [-0.3, -0.25) is 4.90 Å². The van der Waals surface area contributed by atoms with Gasteiger partial charge < -0.3 is 9.52 Å². The number of hydrogen-bond donors (Lipinski definition) is 1. The molecule has 1 aliphatic rings. The number of fused-ring (bicyclic) bond motifs is 1. The van der Waals surface area contributed by atoms with Crippen LogP contribution in [0.2, 0.25) is 0 Å². The smallest absolute Gasteiger partial charge is 0.371 e. The van der Waals surface area contributed by atoms with Crippen molar-refractivity contribution in [3.8, 4) is 0 Å². The van der Waals surface area contributed by atoms with E-state index in [4.69, 9.17) is 9.52 Å². The van der Waals surface area contributed by atoms with Gasteiger partial charge in [0.25, 0.3) is 0 Å². The van der Waals surface area contributed by atoms with Gasteiger partial charge in [-0.05, 0) is 49.4 Å². The lowest BCUT2D eigenvalue weighted by Crippen LogP contribution is -2.40. The van der Waals surface area contributed by atoms with E-state index in [1.807, 2.05) is 18.2 Å². The Morgan fingerprint density at radius 1 is 1.33 bits per heavy atom. The first kappa shape index (κ1) is 14.1. The summed E-state index contributed by atoms with van der Waals surface area (Å²) in [6, 6.07) is 8.15. The van der Waals surface area contributed by atoms with E-state index in [0.29, 0.717) is 11.6 Å². The van der Waals surface area contributed by atoms with Gasteiger partial charge in [-0.25, -0.2) is 4.79 Å². The van der Waals surface area contributed by atoms with Crippen LogP contribution in [-0.2, 0) is 6.54 Å². The first-order valence-electron chi connectivity index (χ1n) is 7.53. The Morgan fingerprint density at radius 2 is 2.14 bits per heavy atom. The molecule has 112 valence electrons. The maximum atomic E-state index is 10.9. The Labute approximate surface area is 124 Å². The number of hydrogen-bond acceptors (Lipinski definition) is 3. The first-order chi connectivity index (χ1) is 10.0. The lowest BCUT2D eigenvalue weighted by atomic mass is 9.94. The van der Waals surface area contributed by atoms with Crippen LogP contribution < -0.4 is 0 Å². The third kappa shape index (κ3) is 2.95. The Kier molecular flexibility index (Phi) is 3.72. The van der Waals surface area contributed by atoms with Crippen LogP contribution in [0.3, 0.4) is 0 Å². The number of carbonyl (C=O) groups is 1. The van der Waals surface area contributed by atoms with E-state index < -0.39 is 5.97 Å². The summed E-state index contributed by atoms with van der Waals surface area (Å²) < 4.78 is 5.30. The first-order valence-corrected chi connectivity index (χ1v) is 7.53. The van der Waals surface area contributed by atoms with Crippen LogP contribution in [0, 0.1) is 5.92 Å². The minimum atomic E-state index is -1.02. The number of nitrogens with zero attached hydrogens (tertiary/aromatic N) is 1. The largest absolute Gasteiger partial charge is 0.475 e. The number of likely N-dealkylation sites (tertiary alicyclic amines) is 1. The van der Waals surface area contributed by atoms with Gasteiger partial charge in [0.2, 0.25) is 5.76 Å². The van der Waals surface area contributed by atoms with Crippen molar-refractivity contribution >= 4 is 16.9 Å². The van der Waals surface area contributed by atoms with Gasteiger partial charge in [-0.2, -0.15) is 0 Å². The SMILES string of the molecule is CC1CCC(C)N(Cc2ccc3oc(C(=O)O)cc3c2)C1. The third-order valence-corrected chi connectivity index (χ3v) is 4.42. The molecular formula is C17H21NO3. The third-order valence-electron chi connectivity index (χ3n) is 4.42. The molecule has 0 spiro atoms. The molecular weight excluding hydrogens is 266 g/mol. The number of furan rings is 1. The molecule has 1 aromatic carbocycles. The quantitative estimate of drug-likeness (QED) is 0.934. The number of carboxylic acid groups (broad SMARTS) is 1. The van der Waals surface area contributed by atoms with Gasteiger partial charge >= 0.3 is 5.97 Å². The second-order valence-electron chi connectivity index (χ2n) is 6.25. The summed E-state index contributed by atoms with van der Waals surface area (Å²) in [4.78, 5) is 13.5. The summed E-state index contributed by atoms with van der Waals surface area (Å²) in [5.41, 5.74) is 1.84. The molecule has 1 saturated heterocycles. The predicted octanol–water partition coefficient (Wildman–Crippen LogP) is 3.75. The highest BCUT2D eigenvalue weighted by atomic mass is 16.4. The molecule has 0 bridgehead atoms. The number of rotatable bonds is 3. The van der Waals surface area contributed by atoms with Crippen molar-refractivity contribution in [2.24, 2.45) is 5.92 Å². The highest BCUT2D eigenvalue weighted by Gasteiger charge is 2.22. The maximum Gasteiger partial charge on any atom is 0.371 e. The normalized spacial score (nSPS) is 23.5. The molecule has 2 heterocycles. The Balaban J connectivity index is 1.82. The van der Waals surface area contributed by atoms with Crippen molar-refractivity contribution in [1.82, 2.24) is 4.90 Å². The predicted molar refractivity (Wildman–Crippen MR) is 81.4 cm³/mol. The molecule has 1 fully saturated rings. The topological polar surface area (TPSA) is 53.7 Å². The average Bonchev–Trinajstić information content (AvgIpc) is 2.86. The zero-order chi connectivity index (χ0) is 15.0. The van der Waals surface area contributed by atoms with Crippen LogP contribution in [0.25, 0.3) is 11.0 Å². The minimum Gasteiger partial charge on any atom is -0.475 e. The molecule has 2 unspecified atom stereocenters. The number of carboxylic acids is 1. The van der Waals surface area contributed by atoms with E-state index in [1.54, 1.807) is 6.07 Å². The second kappa shape index (κ2) is 5.53. The summed E-state index contributed by atoms with van der Waals surface area (Å²) in [7, 11) is 0. The molecule has 0 saturated carbocycles. The zero-order valence-corrected chi connectivity index (χ0v) is 12.5. The highest BCUT2D eigenvalue weighted by Crippen LogP contribution is 2.25. The zero-order valence-electron chi connectivity index (χ0n) is 12.5. The Bertz CT molecular complexity index is 661. The Morgan fingerprint density at radius 3 is 2.90 bits per heavy atom. The molecule has 2 atom stereocenters. The van der Waals surface area contributed by atoms with Gasteiger partial charge in [-0.15, -0.1) is 0 Å². The van der Waals surface area contributed by atoms with Gasteiger partial charge in [0.05, 0.1) is 0 Å². The van der Waals surface area contributed by atoms with Crippen molar-refractivity contribution in [2.75, 3.05) is 6.54 Å². The molecule has 4 heteroatoms. The van der Waals surface area contributed by atoms with E-state index in [9.17, 15) is 4.79 Å². The molecule has 1 N–H and O–H groups in total. The van der Waals surface area contributed by atoms with Gasteiger partial charge in [-0.1, -0.05) is 13.0 Å². The summed E-state index contributed by atoms with van der Waals surface area (Å²) in [5, 5.41) is 9.84. The van der Waals surface area contributed by atoms with Gasteiger partial charge in [0, 0.05) is 24.5 Å². The van der Waals surface area contributed by atoms with E-state index >= 15 is 0 Å². The van der Waals surface area contributed by atoms with Crippen LogP contribution in [0.15, 0.2) is 28.7 Å². The molecule has 1 aromatic heterocycles. The van der Waals surface area contributed by atoms with Crippen molar-refractivity contribution < 1.29 is 14.3 Å². The fourth-order valence-electron chi connectivity index (χ4n) is 3.13. The number of piperidine rings is 1. The van der Waals surface area contributed by atoms with Crippen LogP contribution in [0.5, 0.6) is 0 Å². The summed E-state index contributed by atoms with van der Waals surface area (Å²) in [6.45, 7) is 6.63. The summed E-state index contributed by atoms with van der Waals surface area (Å²) in [5.74, 6) is -0.272. The van der Waals surface area contributed by atoms with Crippen LogP contribution in [0.4, 0.5) is 0 Å². The monoisotopic (exact) mass is 287 g/mol. The summed E-state index contributed by atoms with van der Waals surface area (Å²) >= 11 is 0.